The average Bonchev–Trinajstić information content (AvgIpc) is 2.81. The molecule has 0 saturated carbocycles. The molecule has 0 bridgehead atoms. The molecule has 0 aliphatic carbocycles. The van der Waals surface area contributed by atoms with Gasteiger partial charge < -0.3 is 14.0 Å². The van der Waals surface area contributed by atoms with Crippen LogP contribution in [0.15, 0.2) is 47.4 Å². The van der Waals surface area contributed by atoms with Gasteiger partial charge in [0.15, 0.2) is 0 Å². The average molecular weight is 517 g/mol. The van der Waals surface area contributed by atoms with Gasteiger partial charge in [-0.05, 0) is 50.7 Å². The van der Waals surface area contributed by atoms with Gasteiger partial charge in [0.1, 0.15) is 10.1 Å². The fourth-order valence-corrected chi connectivity index (χ4v) is 3.81. The molecule has 9 heteroatoms. The van der Waals surface area contributed by atoms with Gasteiger partial charge in [0.25, 0.3) is 0 Å². The number of carbonyl (C=O) groups is 2. The van der Waals surface area contributed by atoms with Crippen LogP contribution >= 0.6 is 0 Å². The van der Waals surface area contributed by atoms with E-state index in [2.05, 4.69) is 26.0 Å². The third kappa shape index (κ3) is 14.0. The summed E-state index contributed by atoms with van der Waals surface area (Å²) in [4.78, 5) is 24.4. The maximum atomic E-state index is 12.7. The quantitative estimate of drug-likeness (QED) is 0.103. The Bertz CT molecular complexity index is 924. The fraction of sp³-hybridized carbons (Fsp3) is 0.538. The first kappa shape index (κ1) is 33.5. The van der Waals surface area contributed by atoms with Crippen molar-refractivity contribution >= 4 is 22.1 Å². The van der Waals surface area contributed by atoms with E-state index in [0.29, 0.717) is 19.3 Å². The molecule has 190 valence electrons. The van der Waals surface area contributed by atoms with Crippen molar-refractivity contribution < 1.29 is 61.6 Å². The third-order valence-corrected chi connectivity index (χ3v) is 5.88. The monoisotopic (exact) mass is 516 g/mol. The SMILES string of the molecule is CCCC/C=C/CCCOC(=O)c1cccc(S(=O)(=O)[O-])c1C(=O)OCCC/C=C/CCCC.[Na+]. The van der Waals surface area contributed by atoms with E-state index in [9.17, 15) is 22.6 Å². The van der Waals surface area contributed by atoms with E-state index >= 15 is 0 Å². The zero-order valence-electron chi connectivity index (χ0n) is 21.3. The molecule has 0 heterocycles. The van der Waals surface area contributed by atoms with Gasteiger partial charge in [0.2, 0.25) is 0 Å². The second kappa shape index (κ2) is 19.7. The van der Waals surface area contributed by atoms with Crippen LogP contribution in [0.5, 0.6) is 0 Å². The van der Waals surface area contributed by atoms with Crippen molar-refractivity contribution in [2.45, 2.75) is 83.0 Å². The van der Waals surface area contributed by atoms with Gasteiger partial charge in [0.05, 0.1) is 29.2 Å². The topological polar surface area (TPSA) is 110 Å². The first-order valence-corrected chi connectivity index (χ1v) is 13.5. The van der Waals surface area contributed by atoms with E-state index in [0.717, 1.165) is 51.0 Å². The number of ether oxygens (including phenoxy) is 2. The van der Waals surface area contributed by atoms with Crippen LogP contribution in [0.3, 0.4) is 0 Å². The molecule has 0 radical (unpaired) electrons. The molecule has 0 amide bonds. The molecule has 7 nitrogen and oxygen atoms in total. The number of carbonyl (C=O) groups excluding carboxylic acids is 2. The van der Waals surface area contributed by atoms with Gasteiger partial charge in [-0.3, -0.25) is 0 Å². The zero-order valence-corrected chi connectivity index (χ0v) is 24.1. The van der Waals surface area contributed by atoms with Gasteiger partial charge in [-0.2, -0.15) is 0 Å². The summed E-state index contributed by atoms with van der Waals surface area (Å²) in [5.74, 6) is -1.90. The van der Waals surface area contributed by atoms with Crippen LogP contribution < -0.4 is 29.6 Å². The molecule has 0 spiro atoms. The Labute approximate surface area is 232 Å². The van der Waals surface area contributed by atoms with Gasteiger partial charge in [0, 0.05) is 0 Å². The number of allylic oxidation sites excluding steroid dienone is 4. The largest absolute Gasteiger partial charge is 1.00 e. The van der Waals surface area contributed by atoms with Crippen molar-refractivity contribution in [2.24, 2.45) is 0 Å². The summed E-state index contributed by atoms with van der Waals surface area (Å²) in [5, 5.41) is 0. The number of rotatable bonds is 17. The second-order valence-electron chi connectivity index (χ2n) is 7.92. The van der Waals surface area contributed by atoms with Crippen LogP contribution in [0, 0.1) is 0 Å². The fourth-order valence-electron chi connectivity index (χ4n) is 3.12. The zero-order chi connectivity index (χ0) is 25.2. The number of esters is 2. The van der Waals surface area contributed by atoms with Gasteiger partial charge in [-0.15, -0.1) is 0 Å². The standard InChI is InChI=1S/C26H38O7S.Na/c1-3-5-7-9-11-13-15-20-32-25(27)22-18-17-19-23(34(29,30)31)24(22)26(28)33-21-16-14-12-10-8-6-4-2;/h9-12,17-19H,3-8,13-16,20-21H2,1-2H3,(H,29,30,31);/q;+1/p-1/b11-9+,12-10+;. The summed E-state index contributed by atoms with van der Waals surface area (Å²) in [6, 6.07) is 3.48. The summed E-state index contributed by atoms with van der Waals surface area (Å²) in [6.07, 6.45) is 17.2. The Morgan fingerprint density at radius 3 is 1.71 bits per heavy atom. The number of unbranched alkanes of at least 4 members (excludes halogenated alkanes) is 6. The van der Waals surface area contributed by atoms with Crippen molar-refractivity contribution in [3.05, 3.63) is 53.6 Å². The minimum Gasteiger partial charge on any atom is -0.744 e. The predicted molar refractivity (Wildman–Crippen MR) is 131 cm³/mol. The van der Waals surface area contributed by atoms with E-state index in [-0.39, 0.29) is 48.3 Å². The van der Waals surface area contributed by atoms with Crippen molar-refractivity contribution in [2.75, 3.05) is 13.2 Å². The number of hydrogen-bond acceptors (Lipinski definition) is 7. The predicted octanol–water partition coefficient (Wildman–Crippen LogP) is 2.96. The van der Waals surface area contributed by atoms with Crippen molar-refractivity contribution in [3.8, 4) is 0 Å². The Morgan fingerprint density at radius 1 is 0.800 bits per heavy atom. The van der Waals surface area contributed by atoms with Crippen LogP contribution in [-0.4, -0.2) is 38.1 Å². The molecule has 1 aromatic carbocycles. The van der Waals surface area contributed by atoms with E-state index in [1.165, 1.54) is 12.1 Å². The maximum Gasteiger partial charge on any atom is 1.00 e. The molecular formula is C26H37NaO7S. The van der Waals surface area contributed by atoms with Crippen LogP contribution in [0.1, 0.15) is 98.8 Å². The summed E-state index contributed by atoms with van der Waals surface area (Å²) in [6.45, 7) is 4.37. The van der Waals surface area contributed by atoms with E-state index in [4.69, 9.17) is 9.47 Å². The Hall–Kier alpha value is -1.45. The van der Waals surface area contributed by atoms with Crippen LogP contribution in [0.25, 0.3) is 0 Å². The third-order valence-electron chi connectivity index (χ3n) is 5.00. The Morgan fingerprint density at radius 2 is 1.26 bits per heavy atom. The van der Waals surface area contributed by atoms with Crippen molar-refractivity contribution in [3.63, 3.8) is 0 Å². The van der Waals surface area contributed by atoms with Crippen molar-refractivity contribution in [1.29, 1.82) is 0 Å². The summed E-state index contributed by atoms with van der Waals surface area (Å²) in [7, 11) is -5.00. The van der Waals surface area contributed by atoms with Gasteiger partial charge in [-0.25, -0.2) is 18.0 Å². The molecule has 0 N–H and O–H groups in total. The smallest absolute Gasteiger partial charge is 0.744 e. The molecule has 0 atom stereocenters. The summed E-state index contributed by atoms with van der Waals surface area (Å²) >= 11 is 0. The molecule has 0 unspecified atom stereocenters. The summed E-state index contributed by atoms with van der Waals surface area (Å²) in [5.41, 5.74) is -0.861. The molecule has 0 aromatic heterocycles. The van der Waals surface area contributed by atoms with E-state index in [1.807, 2.05) is 12.2 Å². The molecular weight excluding hydrogens is 479 g/mol. The van der Waals surface area contributed by atoms with Gasteiger partial charge in [-0.1, -0.05) is 69.9 Å². The molecule has 0 fully saturated rings. The number of benzene rings is 1. The summed E-state index contributed by atoms with van der Waals surface area (Å²) < 4.78 is 45.5. The first-order valence-electron chi connectivity index (χ1n) is 12.1. The molecule has 0 aliphatic rings. The van der Waals surface area contributed by atoms with E-state index < -0.39 is 32.5 Å². The van der Waals surface area contributed by atoms with Crippen molar-refractivity contribution in [1.82, 2.24) is 0 Å². The number of hydrogen-bond donors (Lipinski definition) is 0. The van der Waals surface area contributed by atoms with Gasteiger partial charge >= 0.3 is 41.5 Å². The first-order chi connectivity index (χ1) is 16.3. The Kier molecular flexibility index (Phi) is 18.9. The molecule has 1 rings (SSSR count). The molecule has 0 saturated heterocycles. The normalized spacial score (nSPS) is 11.5. The van der Waals surface area contributed by atoms with Crippen LogP contribution in [0.4, 0.5) is 0 Å². The Balaban J connectivity index is 0.0000116. The minimum absolute atomic E-state index is 0. The van der Waals surface area contributed by atoms with Crippen LogP contribution in [0.2, 0.25) is 0 Å². The molecule has 0 aliphatic heterocycles. The second-order valence-corrected chi connectivity index (χ2v) is 9.26. The van der Waals surface area contributed by atoms with E-state index in [1.54, 1.807) is 0 Å². The maximum absolute atomic E-state index is 12.7. The molecule has 1 aromatic rings. The van der Waals surface area contributed by atoms with Crippen LogP contribution in [-0.2, 0) is 19.6 Å². The molecule has 35 heavy (non-hydrogen) atoms. The minimum atomic E-state index is -5.00.